The number of para-hydroxylation sites is 2. The Labute approximate surface area is 310 Å². The lowest BCUT2D eigenvalue weighted by molar-refractivity contribution is 1.28. The Morgan fingerprint density at radius 1 is 0.250 bits per heavy atom. The van der Waals surface area contributed by atoms with Crippen molar-refractivity contribution in [3.63, 3.8) is 0 Å². The van der Waals surface area contributed by atoms with Crippen LogP contribution in [0, 0.1) is 0 Å². The number of hydrogen-bond acceptors (Lipinski definition) is 4. The summed E-state index contributed by atoms with van der Waals surface area (Å²) in [5.41, 5.74) is 9.09. The minimum Gasteiger partial charge on any atom is -0.310 e. The minimum absolute atomic E-state index is 1.12. The molecule has 0 radical (unpaired) electrons. The largest absolute Gasteiger partial charge is 0.310 e. The molecule has 0 unspecified atom stereocenters. The van der Waals surface area contributed by atoms with Crippen molar-refractivity contribution in [1.29, 1.82) is 0 Å². The molecule has 0 bridgehead atoms. The van der Waals surface area contributed by atoms with Crippen molar-refractivity contribution in [2.24, 2.45) is 0 Å². The van der Waals surface area contributed by atoms with E-state index in [-0.39, 0.29) is 0 Å². The van der Waals surface area contributed by atoms with Crippen molar-refractivity contribution in [2.45, 2.75) is 0 Å². The van der Waals surface area contributed by atoms with Gasteiger partial charge in [0.1, 0.15) is 0 Å². The highest BCUT2D eigenvalue weighted by Gasteiger charge is 2.18. The average molecular weight is 701 g/mol. The van der Waals surface area contributed by atoms with E-state index in [4.69, 9.17) is 0 Å². The molecule has 0 saturated carbocycles. The average Bonchev–Trinajstić information content (AvgIpc) is 3.77. The van der Waals surface area contributed by atoms with Gasteiger partial charge in [0.05, 0.1) is 0 Å². The van der Waals surface area contributed by atoms with E-state index in [1.165, 1.54) is 40.3 Å². The van der Waals surface area contributed by atoms with Crippen molar-refractivity contribution >= 4 is 97.1 Å². The Bertz CT molecular complexity index is 2670. The second-order valence-electron chi connectivity index (χ2n) is 13.0. The molecule has 8 aromatic carbocycles. The first kappa shape index (κ1) is 30.6. The molecule has 0 saturated heterocycles. The van der Waals surface area contributed by atoms with Crippen molar-refractivity contribution in [3.8, 4) is 11.1 Å². The molecule has 4 heteroatoms. The van der Waals surface area contributed by atoms with Gasteiger partial charge in [-0.3, -0.25) is 0 Å². The molecule has 246 valence electrons. The molecule has 0 fully saturated rings. The van der Waals surface area contributed by atoms with Gasteiger partial charge in [0, 0.05) is 74.5 Å². The van der Waals surface area contributed by atoms with E-state index in [2.05, 4.69) is 204 Å². The van der Waals surface area contributed by atoms with Crippen LogP contribution in [0.2, 0.25) is 0 Å². The number of benzene rings is 8. The van der Waals surface area contributed by atoms with Gasteiger partial charge in [0.15, 0.2) is 0 Å². The normalized spacial score (nSPS) is 11.5. The molecular weight excluding hydrogens is 669 g/mol. The highest BCUT2D eigenvalue weighted by Crippen LogP contribution is 2.43. The summed E-state index contributed by atoms with van der Waals surface area (Å²) in [5, 5.41) is 5.24. The zero-order chi connectivity index (χ0) is 34.4. The summed E-state index contributed by atoms with van der Waals surface area (Å²) in [4.78, 5) is 4.74. The Morgan fingerprint density at radius 2 is 0.615 bits per heavy atom. The maximum Gasteiger partial charge on any atom is 0.0476 e. The molecule has 0 N–H and O–H groups in total. The highest BCUT2D eigenvalue weighted by atomic mass is 32.1. The molecule has 10 aromatic rings. The van der Waals surface area contributed by atoms with Crippen molar-refractivity contribution in [1.82, 2.24) is 0 Å². The Kier molecular flexibility index (Phi) is 7.56. The van der Waals surface area contributed by atoms with Crippen LogP contribution < -0.4 is 9.80 Å². The fraction of sp³-hybridized carbons (Fsp3) is 0. The minimum atomic E-state index is 1.12. The van der Waals surface area contributed by atoms with Gasteiger partial charge in [-0.15, -0.1) is 22.7 Å². The van der Waals surface area contributed by atoms with Gasteiger partial charge in [0.25, 0.3) is 0 Å². The lowest BCUT2D eigenvalue weighted by Crippen LogP contribution is -2.10. The van der Waals surface area contributed by atoms with Gasteiger partial charge in [-0.05, 0) is 96.1 Å². The zero-order valence-electron chi connectivity index (χ0n) is 28.2. The predicted octanol–water partition coefficient (Wildman–Crippen LogP) is 15.0. The van der Waals surface area contributed by atoms with E-state index in [9.17, 15) is 0 Å². The van der Waals surface area contributed by atoms with Gasteiger partial charge in [-0.25, -0.2) is 0 Å². The molecule has 2 heterocycles. The standard InChI is InChI=1S/C48H32N2S2/c1-3-15-35(16-4-1)49(39-25-27-43-41-21-7-9-23-45(41)51-47(43)31-39)37-19-11-13-33(29-37)34-14-12-20-38(30-34)50(36-17-5-2-6-18-36)40-26-28-44-42-22-8-10-24-46(42)52-48(44)32-40/h1-32H. The molecule has 0 atom stereocenters. The quantitative estimate of drug-likeness (QED) is 0.163. The highest BCUT2D eigenvalue weighted by molar-refractivity contribution is 7.26. The van der Waals surface area contributed by atoms with Crippen LogP contribution >= 0.6 is 22.7 Å². The van der Waals surface area contributed by atoms with Crippen LogP contribution in [-0.4, -0.2) is 0 Å². The predicted molar refractivity (Wildman–Crippen MR) is 227 cm³/mol. The topological polar surface area (TPSA) is 6.48 Å². The van der Waals surface area contributed by atoms with E-state index >= 15 is 0 Å². The van der Waals surface area contributed by atoms with Gasteiger partial charge in [-0.2, -0.15) is 0 Å². The zero-order valence-corrected chi connectivity index (χ0v) is 29.8. The van der Waals surface area contributed by atoms with E-state index in [1.807, 2.05) is 22.7 Å². The number of hydrogen-bond donors (Lipinski definition) is 0. The summed E-state index contributed by atoms with van der Waals surface area (Å²) < 4.78 is 5.21. The summed E-state index contributed by atoms with van der Waals surface area (Å²) in [5.74, 6) is 0. The summed E-state index contributed by atoms with van der Waals surface area (Å²) >= 11 is 3.71. The van der Waals surface area contributed by atoms with E-state index < -0.39 is 0 Å². The third kappa shape index (κ3) is 5.41. The van der Waals surface area contributed by atoms with E-state index in [1.54, 1.807) is 0 Å². The van der Waals surface area contributed by atoms with Crippen molar-refractivity contribution < 1.29 is 0 Å². The molecule has 52 heavy (non-hydrogen) atoms. The summed E-state index contributed by atoms with van der Waals surface area (Å²) in [6.45, 7) is 0. The SMILES string of the molecule is c1ccc(N(c2cccc(-c3cccc(N(c4ccccc4)c4ccc5c(c4)sc4ccccc45)c3)c2)c2ccc3c(c2)sc2ccccc23)cc1. The lowest BCUT2D eigenvalue weighted by Gasteiger charge is -2.27. The van der Waals surface area contributed by atoms with Crippen LogP contribution in [-0.2, 0) is 0 Å². The Hall–Kier alpha value is -6.20. The Balaban J connectivity index is 1.07. The monoisotopic (exact) mass is 700 g/mol. The maximum absolute atomic E-state index is 2.37. The van der Waals surface area contributed by atoms with Crippen molar-refractivity contribution in [2.75, 3.05) is 9.80 Å². The fourth-order valence-electron chi connectivity index (χ4n) is 7.41. The first-order chi connectivity index (χ1) is 25.8. The van der Waals surface area contributed by atoms with Crippen LogP contribution in [0.1, 0.15) is 0 Å². The first-order valence-corrected chi connectivity index (χ1v) is 19.1. The smallest absolute Gasteiger partial charge is 0.0476 e. The summed E-state index contributed by atoms with van der Waals surface area (Å²) in [6.07, 6.45) is 0. The van der Waals surface area contributed by atoms with Crippen molar-refractivity contribution in [3.05, 3.63) is 194 Å². The number of thiophene rings is 2. The lowest BCUT2D eigenvalue weighted by atomic mass is 10.0. The van der Waals surface area contributed by atoms with E-state index in [0.717, 1.165) is 45.3 Å². The number of nitrogens with zero attached hydrogens (tertiary/aromatic N) is 2. The summed E-state index contributed by atoms with van der Waals surface area (Å²) in [6, 6.07) is 70.3. The first-order valence-electron chi connectivity index (χ1n) is 17.5. The molecule has 0 aliphatic carbocycles. The third-order valence-corrected chi connectivity index (χ3v) is 12.1. The fourth-order valence-corrected chi connectivity index (χ4v) is 9.68. The van der Waals surface area contributed by atoms with Crippen LogP contribution in [0.3, 0.4) is 0 Å². The molecule has 0 spiro atoms. The molecule has 2 nitrogen and oxygen atoms in total. The second kappa shape index (κ2) is 12.8. The van der Waals surface area contributed by atoms with Gasteiger partial charge in [-0.1, -0.05) is 109 Å². The van der Waals surface area contributed by atoms with Crippen LogP contribution in [0.15, 0.2) is 194 Å². The Morgan fingerprint density at radius 3 is 1.08 bits per heavy atom. The molecular formula is C48H32N2S2. The van der Waals surface area contributed by atoms with Crippen LogP contribution in [0.4, 0.5) is 34.1 Å². The van der Waals surface area contributed by atoms with Crippen LogP contribution in [0.5, 0.6) is 0 Å². The molecule has 0 aliphatic heterocycles. The number of anilines is 6. The molecule has 0 aliphatic rings. The molecule has 10 rings (SSSR count). The van der Waals surface area contributed by atoms with Gasteiger partial charge in [0.2, 0.25) is 0 Å². The van der Waals surface area contributed by atoms with Gasteiger partial charge < -0.3 is 9.80 Å². The number of rotatable bonds is 7. The van der Waals surface area contributed by atoms with Crippen LogP contribution in [0.25, 0.3) is 51.5 Å². The second-order valence-corrected chi connectivity index (χ2v) is 15.2. The molecule has 0 amide bonds. The van der Waals surface area contributed by atoms with Gasteiger partial charge >= 0.3 is 0 Å². The summed E-state index contributed by atoms with van der Waals surface area (Å²) in [7, 11) is 0. The third-order valence-electron chi connectivity index (χ3n) is 9.81. The maximum atomic E-state index is 2.37. The van der Waals surface area contributed by atoms with E-state index in [0.29, 0.717) is 0 Å². The molecule has 2 aromatic heterocycles. The number of fused-ring (bicyclic) bond motifs is 6.